The van der Waals surface area contributed by atoms with Crippen molar-refractivity contribution in [2.24, 2.45) is 0 Å². The molecule has 11 heteroatoms. The van der Waals surface area contributed by atoms with Gasteiger partial charge in [-0.2, -0.15) is 0 Å². The average Bonchev–Trinajstić information content (AvgIpc) is 3.31. The molecule has 2 saturated heterocycles. The van der Waals surface area contributed by atoms with Gasteiger partial charge in [-0.05, 0) is 43.3 Å². The Labute approximate surface area is 232 Å². The zero-order chi connectivity index (χ0) is 26.5. The summed E-state index contributed by atoms with van der Waals surface area (Å²) in [7, 11) is 2.17. The highest BCUT2D eigenvalue weighted by Crippen LogP contribution is 2.35. The van der Waals surface area contributed by atoms with Crippen molar-refractivity contribution in [1.29, 1.82) is 0 Å². The molecule has 1 aromatic heterocycles. The molecule has 3 heterocycles. The van der Waals surface area contributed by atoms with Crippen molar-refractivity contribution in [2.75, 3.05) is 76.4 Å². The molecule has 2 fully saturated rings. The van der Waals surface area contributed by atoms with E-state index in [1.165, 1.54) is 16.9 Å². The number of urea groups is 1. The zero-order valence-corrected chi connectivity index (χ0v) is 23.5. The lowest BCUT2D eigenvalue weighted by atomic mass is 10.1. The maximum atomic E-state index is 12.7. The van der Waals surface area contributed by atoms with Crippen molar-refractivity contribution in [2.45, 2.75) is 20.0 Å². The van der Waals surface area contributed by atoms with Gasteiger partial charge in [-0.15, -0.1) is 0 Å². The first-order valence-electron chi connectivity index (χ1n) is 13.1. The van der Waals surface area contributed by atoms with Gasteiger partial charge in [-0.25, -0.2) is 9.78 Å². The summed E-state index contributed by atoms with van der Waals surface area (Å²) in [5, 5.41) is 6.93. The molecule has 2 aliphatic rings. The first kappa shape index (κ1) is 27.0. The SMILES string of the molecule is CCOc1cc(Cl)c(CNC(=O)Nc2nc3ccc(CN4CCN(C)CC4)cc3s2)cc1N1CCOCC1. The number of thiazole rings is 1. The lowest BCUT2D eigenvalue weighted by Crippen LogP contribution is -2.43. The predicted octanol–water partition coefficient (Wildman–Crippen LogP) is 4.25. The van der Waals surface area contributed by atoms with Crippen LogP contribution in [0.3, 0.4) is 0 Å². The van der Waals surface area contributed by atoms with Crippen molar-refractivity contribution in [1.82, 2.24) is 20.1 Å². The number of fused-ring (bicyclic) bond motifs is 1. The molecule has 0 saturated carbocycles. The molecule has 0 spiro atoms. The van der Waals surface area contributed by atoms with Crippen LogP contribution in [0.1, 0.15) is 18.1 Å². The van der Waals surface area contributed by atoms with Crippen molar-refractivity contribution in [3.63, 3.8) is 0 Å². The third-order valence-electron chi connectivity index (χ3n) is 6.89. The third kappa shape index (κ3) is 6.68. The quantitative estimate of drug-likeness (QED) is 0.427. The molecule has 2 N–H and O–H groups in total. The number of anilines is 2. The van der Waals surface area contributed by atoms with E-state index in [2.05, 4.69) is 49.5 Å². The van der Waals surface area contributed by atoms with Gasteiger partial charge in [0.15, 0.2) is 5.13 Å². The molecule has 204 valence electrons. The van der Waals surface area contributed by atoms with Gasteiger partial charge < -0.3 is 24.6 Å². The highest BCUT2D eigenvalue weighted by molar-refractivity contribution is 7.22. The number of amides is 2. The molecule has 0 unspecified atom stereocenters. The first-order valence-corrected chi connectivity index (χ1v) is 14.3. The molecular weight excluding hydrogens is 524 g/mol. The third-order valence-corrected chi connectivity index (χ3v) is 8.18. The number of piperazine rings is 1. The van der Waals surface area contributed by atoms with Gasteiger partial charge in [0.05, 0.1) is 35.7 Å². The Bertz CT molecular complexity index is 1260. The number of rotatable bonds is 8. The monoisotopic (exact) mass is 558 g/mol. The van der Waals surface area contributed by atoms with E-state index >= 15 is 0 Å². The maximum absolute atomic E-state index is 12.7. The first-order chi connectivity index (χ1) is 18.5. The van der Waals surface area contributed by atoms with Gasteiger partial charge in [-0.3, -0.25) is 10.2 Å². The van der Waals surface area contributed by atoms with Gasteiger partial charge in [0.25, 0.3) is 0 Å². The molecule has 2 aliphatic heterocycles. The molecular formula is C27H35ClN6O3S. The van der Waals surface area contributed by atoms with Gasteiger partial charge in [0.2, 0.25) is 0 Å². The number of nitrogens with one attached hydrogen (secondary N) is 2. The number of nitrogens with zero attached hydrogens (tertiary/aromatic N) is 4. The van der Waals surface area contributed by atoms with Gasteiger partial charge in [0.1, 0.15) is 5.75 Å². The van der Waals surface area contributed by atoms with E-state index in [0.717, 1.165) is 73.0 Å². The van der Waals surface area contributed by atoms with Crippen molar-refractivity contribution in [3.05, 3.63) is 46.5 Å². The minimum atomic E-state index is -0.320. The van der Waals surface area contributed by atoms with Crippen LogP contribution in [0.4, 0.5) is 15.6 Å². The molecule has 38 heavy (non-hydrogen) atoms. The van der Waals surface area contributed by atoms with E-state index in [1.807, 2.05) is 25.1 Å². The summed E-state index contributed by atoms with van der Waals surface area (Å²) in [4.78, 5) is 24.4. The Hall–Kier alpha value is -2.63. The minimum absolute atomic E-state index is 0.286. The normalized spacial score (nSPS) is 17.1. The van der Waals surface area contributed by atoms with Crippen LogP contribution in [-0.4, -0.2) is 87.0 Å². The highest BCUT2D eigenvalue weighted by atomic mass is 35.5. The second-order valence-electron chi connectivity index (χ2n) is 9.65. The van der Waals surface area contributed by atoms with Gasteiger partial charge >= 0.3 is 6.03 Å². The molecule has 2 aromatic carbocycles. The van der Waals surface area contributed by atoms with Crippen LogP contribution in [0.15, 0.2) is 30.3 Å². The fourth-order valence-electron chi connectivity index (χ4n) is 4.75. The second kappa shape index (κ2) is 12.5. The molecule has 5 rings (SSSR count). The molecule has 9 nitrogen and oxygen atoms in total. The minimum Gasteiger partial charge on any atom is -0.492 e. The van der Waals surface area contributed by atoms with E-state index < -0.39 is 0 Å². The standard InChI is InChI=1S/C27H35ClN6O3S/c1-3-37-24-16-21(28)20(15-23(24)34-10-12-36-13-11-34)17-29-26(35)31-27-30-22-5-4-19(14-25(22)38-27)18-33-8-6-32(2)7-9-33/h4-5,14-16H,3,6-13,17-18H2,1-2H3,(H2,29,30,31,35). The number of aromatic nitrogens is 1. The Balaban J connectivity index is 1.21. The van der Waals surface area contributed by atoms with Crippen LogP contribution in [0.25, 0.3) is 10.2 Å². The van der Waals surface area contributed by atoms with Crippen molar-refractivity contribution in [3.8, 4) is 5.75 Å². The largest absolute Gasteiger partial charge is 0.492 e. The van der Waals surface area contributed by atoms with Crippen LogP contribution in [0.2, 0.25) is 5.02 Å². The van der Waals surface area contributed by atoms with Crippen molar-refractivity contribution >= 4 is 50.0 Å². The molecule has 0 radical (unpaired) electrons. The molecule has 2 amide bonds. The molecule has 3 aromatic rings. The van der Waals surface area contributed by atoms with E-state index in [4.69, 9.17) is 21.1 Å². The zero-order valence-electron chi connectivity index (χ0n) is 22.0. The summed E-state index contributed by atoms with van der Waals surface area (Å²) >= 11 is 8.04. The highest BCUT2D eigenvalue weighted by Gasteiger charge is 2.19. The van der Waals surface area contributed by atoms with Crippen LogP contribution in [0, 0.1) is 0 Å². The molecule has 0 aliphatic carbocycles. The van der Waals surface area contributed by atoms with E-state index in [1.54, 1.807) is 0 Å². The number of ether oxygens (including phenoxy) is 2. The van der Waals surface area contributed by atoms with E-state index in [9.17, 15) is 4.79 Å². The van der Waals surface area contributed by atoms with E-state index in [0.29, 0.717) is 30.0 Å². The maximum Gasteiger partial charge on any atom is 0.321 e. The summed E-state index contributed by atoms with van der Waals surface area (Å²) < 4.78 is 12.4. The smallest absolute Gasteiger partial charge is 0.321 e. The van der Waals surface area contributed by atoms with Crippen LogP contribution in [0.5, 0.6) is 5.75 Å². The van der Waals surface area contributed by atoms with Crippen molar-refractivity contribution < 1.29 is 14.3 Å². The van der Waals surface area contributed by atoms with Crippen LogP contribution < -0.4 is 20.3 Å². The number of benzene rings is 2. The molecule has 0 bridgehead atoms. The fourth-order valence-corrected chi connectivity index (χ4v) is 5.89. The number of carbonyl (C=O) groups is 1. The second-order valence-corrected chi connectivity index (χ2v) is 11.1. The number of hydrogen-bond donors (Lipinski definition) is 2. The number of morpholine rings is 1. The summed E-state index contributed by atoms with van der Waals surface area (Å²) in [5.74, 6) is 0.745. The Morgan fingerprint density at radius 2 is 1.92 bits per heavy atom. The number of halogens is 1. The summed E-state index contributed by atoms with van der Waals surface area (Å²) in [6, 6.07) is 9.86. The van der Waals surface area contributed by atoms with Gasteiger partial charge in [-0.1, -0.05) is 29.0 Å². The Morgan fingerprint density at radius 1 is 1.13 bits per heavy atom. The summed E-state index contributed by atoms with van der Waals surface area (Å²) in [6.45, 7) is 11.0. The topological polar surface area (TPSA) is 82.2 Å². The number of carbonyl (C=O) groups excluding carboxylic acids is 1. The Kier molecular flexibility index (Phi) is 8.86. The summed E-state index contributed by atoms with van der Waals surface area (Å²) in [6.07, 6.45) is 0. The van der Waals surface area contributed by atoms with Crippen LogP contribution >= 0.6 is 22.9 Å². The number of likely N-dealkylation sites (N-methyl/N-ethyl adjacent to an activating group) is 1. The fraction of sp³-hybridized carbons (Fsp3) is 0.481. The average molecular weight is 559 g/mol. The Morgan fingerprint density at radius 3 is 2.68 bits per heavy atom. The van der Waals surface area contributed by atoms with Gasteiger partial charge in [0, 0.05) is 63.4 Å². The lowest BCUT2D eigenvalue weighted by Gasteiger charge is -2.32. The summed E-state index contributed by atoms with van der Waals surface area (Å²) in [5.41, 5.74) is 3.94. The lowest BCUT2D eigenvalue weighted by molar-refractivity contribution is 0.122. The van der Waals surface area contributed by atoms with Crippen LogP contribution in [-0.2, 0) is 17.8 Å². The molecule has 0 atom stereocenters. The van der Waals surface area contributed by atoms with E-state index in [-0.39, 0.29) is 12.6 Å². The predicted molar refractivity (Wildman–Crippen MR) is 154 cm³/mol. The number of hydrogen-bond acceptors (Lipinski definition) is 8.